The van der Waals surface area contributed by atoms with E-state index in [9.17, 15) is 14.0 Å². The Balaban J connectivity index is 1.37. The smallest absolute Gasteiger partial charge is 0.246 e. The molecule has 2 heterocycles. The number of para-hydroxylation sites is 1. The van der Waals surface area contributed by atoms with Crippen LogP contribution in [0.25, 0.3) is 17.0 Å². The van der Waals surface area contributed by atoms with E-state index < -0.39 is 5.82 Å². The van der Waals surface area contributed by atoms with Crippen LogP contribution in [0.15, 0.2) is 54.7 Å². The molecule has 4 rings (SSSR count). The number of fused-ring (bicyclic) bond motifs is 1. The number of carbonyl (C=O) groups excluding carboxylic acids is 2. The number of halogens is 1. The van der Waals surface area contributed by atoms with Crippen LogP contribution in [0.2, 0.25) is 0 Å². The van der Waals surface area contributed by atoms with Crippen LogP contribution in [0, 0.1) is 5.82 Å². The van der Waals surface area contributed by atoms with E-state index in [2.05, 4.69) is 4.98 Å². The minimum Gasteiger partial charge on any atom is -0.490 e. The quantitative estimate of drug-likeness (QED) is 0.484. The molecule has 1 aliphatic rings. The first-order valence-corrected chi connectivity index (χ1v) is 10.1. The highest BCUT2D eigenvalue weighted by Gasteiger charge is 2.24. The van der Waals surface area contributed by atoms with E-state index in [0.29, 0.717) is 25.4 Å². The third kappa shape index (κ3) is 4.83. The Labute approximate surface area is 179 Å². The Morgan fingerprint density at radius 3 is 2.97 bits per heavy atom. The van der Waals surface area contributed by atoms with Crippen molar-refractivity contribution in [3.8, 4) is 5.75 Å². The Morgan fingerprint density at radius 2 is 2.13 bits per heavy atom. The molecule has 1 saturated heterocycles. The number of carbonyl (C=O) groups is 2. The molecule has 1 atom stereocenters. The summed E-state index contributed by atoms with van der Waals surface area (Å²) in [7, 11) is 0. The summed E-state index contributed by atoms with van der Waals surface area (Å²) < 4.78 is 24.8. The number of hydrogen-bond acceptors (Lipinski definition) is 4. The van der Waals surface area contributed by atoms with E-state index in [0.717, 1.165) is 22.5 Å². The lowest BCUT2D eigenvalue weighted by atomic mass is 10.1. The largest absolute Gasteiger partial charge is 0.490 e. The second kappa shape index (κ2) is 9.14. The van der Waals surface area contributed by atoms with Gasteiger partial charge in [-0.25, -0.2) is 4.39 Å². The zero-order valence-electron chi connectivity index (χ0n) is 17.1. The van der Waals surface area contributed by atoms with Crippen LogP contribution < -0.4 is 4.74 Å². The Bertz CT molecular complexity index is 1140. The molecular formula is C24H23FN2O4. The predicted octanol–water partition coefficient (Wildman–Crippen LogP) is 3.83. The van der Waals surface area contributed by atoms with Crippen LogP contribution in [-0.4, -0.2) is 54.0 Å². The summed E-state index contributed by atoms with van der Waals surface area (Å²) in [6.07, 6.45) is 4.90. The first-order chi connectivity index (χ1) is 15.0. The average Bonchev–Trinajstić information content (AvgIpc) is 3.20. The van der Waals surface area contributed by atoms with Gasteiger partial charge in [0.1, 0.15) is 24.3 Å². The van der Waals surface area contributed by atoms with Crippen molar-refractivity contribution < 1.29 is 23.5 Å². The SMILES string of the molecule is CC(=O)c1cc(F)ccc1OCC1CN(C(=O)/C=C/c2c[nH]c3ccccc23)CCO1. The summed E-state index contributed by atoms with van der Waals surface area (Å²) in [5.74, 6) is -0.575. The maximum absolute atomic E-state index is 13.4. The molecule has 0 spiro atoms. The number of ether oxygens (including phenoxy) is 2. The molecule has 1 amide bonds. The predicted molar refractivity (Wildman–Crippen MR) is 116 cm³/mol. The van der Waals surface area contributed by atoms with E-state index in [1.54, 1.807) is 17.1 Å². The molecule has 1 fully saturated rings. The van der Waals surface area contributed by atoms with Crippen LogP contribution in [0.4, 0.5) is 4.39 Å². The van der Waals surface area contributed by atoms with Crippen molar-refractivity contribution in [1.29, 1.82) is 0 Å². The lowest BCUT2D eigenvalue weighted by Gasteiger charge is -2.32. The maximum Gasteiger partial charge on any atom is 0.246 e. The molecule has 0 saturated carbocycles. The van der Waals surface area contributed by atoms with Gasteiger partial charge in [0.15, 0.2) is 5.78 Å². The van der Waals surface area contributed by atoms with Gasteiger partial charge >= 0.3 is 0 Å². The molecule has 160 valence electrons. The number of Topliss-reactive ketones (excluding diaryl/α,β-unsaturated/α-hetero) is 1. The zero-order valence-corrected chi connectivity index (χ0v) is 17.1. The second-order valence-electron chi connectivity index (χ2n) is 7.41. The minimum atomic E-state index is -0.495. The van der Waals surface area contributed by atoms with Gasteiger partial charge in [0, 0.05) is 29.7 Å². The summed E-state index contributed by atoms with van der Waals surface area (Å²) >= 11 is 0. The number of ketones is 1. The Kier molecular flexibility index (Phi) is 6.13. The lowest BCUT2D eigenvalue weighted by Crippen LogP contribution is -2.47. The van der Waals surface area contributed by atoms with Crippen molar-refractivity contribution >= 4 is 28.7 Å². The number of nitrogens with one attached hydrogen (secondary N) is 1. The van der Waals surface area contributed by atoms with Crippen molar-refractivity contribution in [2.75, 3.05) is 26.3 Å². The Hall–Kier alpha value is -3.45. The number of rotatable bonds is 6. The van der Waals surface area contributed by atoms with Crippen molar-refractivity contribution in [1.82, 2.24) is 9.88 Å². The van der Waals surface area contributed by atoms with Gasteiger partial charge in [-0.05, 0) is 42.8 Å². The summed E-state index contributed by atoms with van der Waals surface area (Å²) in [4.78, 5) is 29.3. The highest BCUT2D eigenvalue weighted by atomic mass is 19.1. The molecule has 1 aliphatic heterocycles. The van der Waals surface area contributed by atoms with Crippen molar-refractivity contribution in [2.24, 2.45) is 0 Å². The number of morpholine rings is 1. The summed E-state index contributed by atoms with van der Waals surface area (Å²) in [5, 5.41) is 1.06. The molecule has 0 aliphatic carbocycles. The maximum atomic E-state index is 13.4. The topological polar surface area (TPSA) is 71.6 Å². The molecule has 3 aromatic rings. The van der Waals surface area contributed by atoms with Crippen LogP contribution in [0.1, 0.15) is 22.8 Å². The fraction of sp³-hybridized carbons (Fsp3) is 0.250. The molecule has 2 aromatic carbocycles. The van der Waals surface area contributed by atoms with Crippen LogP contribution in [0.3, 0.4) is 0 Å². The number of hydrogen-bond donors (Lipinski definition) is 1. The first-order valence-electron chi connectivity index (χ1n) is 10.1. The molecule has 1 aromatic heterocycles. The van der Waals surface area contributed by atoms with Crippen LogP contribution in [0.5, 0.6) is 5.75 Å². The van der Waals surface area contributed by atoms with E-state index in [1.165, 1.54) is 19.1 Å². The van der Waals surface area contributed by atoms with Gasteiger partial charge in [0.05, 0.1) is 18.7 Å². The highest BCUT2D eigenvalue weighted by molar-refractivity contribution is 5.97. The second-order valence-corrected chi connectivity index (χ2v) is 7.41. The standard InChI is InChI=1S/C24H23FN2O4/c1-16(28)21-12-18(25)7-8-23(21)31-15-19-14-27(10-11-30-19)24(29)9-6-17-13-26-22-5-3-2-4-20(17)22/h2-9,12-13,19,26H,10-11,14-15H2,1H3/b9-6+. The number of aromatic nitrogens is 1. The number of benzene rings is 2. The molecule has 0 bridgehead atoms. The van der Waals surface area contributed by atoms with Gasteiger partial charge in [-0.2, -0.15) is 0 Å². The average molecular weight is 422 g/mol. The van der Waals surface area contributed by atoms with E-state index >= 15 is 0 Å². The number of nitrogens with zero attached hydrogens (tertiary/aromatic N) is 1. The zero-order chi connectivity index (χ0) is 21.8. The van der Waals surface area contributed by atoms with Gasteiger partial charge in [-0.1, -0.05) is 18.2 Å². The van der Waals surface area contributed by atoms with Gasteiger partial charge < -0.3 is 19.4 Å². The molecule has 1 N–H and O–H groups in total. The van der Waals surface area contributed by atoms with E-state index in [-0.39, 0.29) is 30.0 Å². The van der Waals surface area contributed by atoms with Crippen LogP contribution >= 0.6 is 0 Å². The van der Waals surface area contributed by atoms with Crippen molar-refractivity contribution in [3.63, 3.8) is 0 Å². The van der Waals surface area contributed by atoms with Gasteiger partial charge in [-0.15, -0.1) is 0 Å². The van der Waals surface area contributed by atoms with Crippen molar-refractivity contribution in [2.45, 2.75) is 13.0 Å². The lowest BCUT2D eigenvalue weighted by molar-refractivity contribution is -0.134. The fourth-order valence-corrected chi connectivity index (χ4v) is 3.60. The van der Waals surface area contributed by atoms with Crippen molar-refractivity contribution in [3.05, 3.63) is 71.7 Å². The summed E-state index contributed by atoms with van der Waals surface area (Å²) in [6.45, 7) is 2.77. The molecule has 0 radical (unpaired) electrons. The van der Waals surface area contributed by atoms with E-state index in [4.69, 9.17) is 9.47 Å². The summed E-state index contributed by atoms with van der Waals surface area (Å²) in [6, 6.07) is 11.7. The molecule has 1 unspecified atom stereocenters. The van der Waals surface area contributed by atoms with Gasteiger partial charge in [0.25, 0.3) is 0 Å². The number of amides is 1. The Morgan fingerprint density at radius 1 is 1.29 bits per heavy atom. The van der Waals surface area contributed by atoms with Gasteiger partial charge in [0.2, 0.25) is 5.91 Å². The van der Waals surface area contributed by atoms with E-state index in [1.807, 2.05) is 30.5 Å². The van der Waals surface area contributed by atoms with Gasteiger partial charge in [-0.3, -0.25) is 9.59 Å². The fourth-order valence-electron chi connectivity index (χ4n) is 3.60. The third-order valence-electron chi connectivity index (χ3n) is 5.22. The molecule has 7 heteroatoms. The van der Waals surface area contributed by atoms with Crippen LogP contribution in [-0.2, 0) is 9.53 Å². The molecule has 6 nitrogen and oxygen atoms in total. The monoisotopic (exact) mass is 422 g/mol. The minimum absolute atomic E-state index is 0.107. The first kappa shape index (κ1) is 20.8. The molecule has 31 heavy (non-hydrogen) atoms. The summed E-state index contributed by atoms with van der Waals surface area (Å²) in [5.41, 5.74) is 2.15. The molecular weight excluding hydrogens is 399 g/mol. The number of H-pyrrole nitrogens is 1. The highest BCUT2D eigenvalue weighted by Crippen LogP contribution is 2.22. The number of aromatic amines is 1. The normalized spacial score (nSPS) is 16.7. The third-order valence-corrected chi connectivity index (χ3v) is 5.22.